The van der Waals surface area contributed by atoms with Crippen LogP contribution in [0.4, 0.5) is 0 Å². The predicted molar refractivity (Wildman–Crippen MR) is 317 cm³/mol. The summed E-state index contributed by atoms with van der Waals surface area (Å²) in [6, 6.07) is 0. The van der Waals surface area contributed by atoms with E-state index in [-0.39, 0.29) is 0 Å². The summed E-state index contributed by atoms with van der Waals surface area (Å²) >= 11 is 0. The van der Waals surface area contributed by atoms with Crippen LogP contribution in [0.25, 0.3) is 0 Å². The van der Waals surface area contributed by atoms with Crippen LogP contribution in [0.1, 0.15) is 314 Å². The van der Waals surface area contributed by atoms with Gasteiger partial charge in [0.15, 0.2) is 0 Å². The van der Waals surface area contributed by atoms with Gasteiger partial charge in [0.05, 0.1) is 0 Å². The van der Waals surface area contributed by atoms with Crippen LogP contribution >= 0.6 is 0 Å². The minimum Gasteiger partial charge on any atom is -0.0651 e. The lowest BCUT2D eigenvalue weighted by molar-refractivity contribution is 0.0891. The first-order chi connectivity index (χ1) is 32.2. The minimum atomic E-state index is 0.681. The van der Waals surface area contributed by atoms with E-state index in [4.69, 9.17) is 0 Å². The van der Waals surface area contributed by atoms with Crippen molar-refractivity contribution in [2.24, 2.45) is 134 Å². The summed E-state index contributed by atoms with van der Waals surface area (Å²) in [6.45, 7) is 56.2. The molecule has 12 fully saturated rings. The molecular weight excluding hydrogens is 841 g/mol. The molecule has 0 nitrogen and oxygen atoms in total. The average Bonchev–Trinajstić information content (AvgIpc) is 4.04. The first-order valence-corrected chi connectivity index (χ1v) is 32.2. The summed E-state index contributed by atoms with van der Waals surface area (Å²) < 4.78 is 0. The Morgan fingerprint density at radius 2 is 0.729 bits per heavy atom. The molecular formula is C70H136. The Balaban J connectivity index is 0.000000206. The maximum absolute atomic E-state index is 2.44. The van der Waals surface area contributed by atoms with Crippen molar-refractivity contribution in [1.82, 2.24) is 0 Å². The minimum absolute atomic E-state index is 0.681. The number of hydrogen-bond donors (Lipinski definition) is 0. The standard InChI is InChI=1S/2C7H12.8C7H14/c1-7(4-5-7)6-2-3-6;1-5-4-7(5)6-2-3-6;2*1-6-4-7(2,3)5-6;2*1-6-4-5-7(6,2)3;2*1-5-4-6(2)7(5)3;1-3-7-4-6(2)5-7;1-3-7-5-4-6(7)2/h6H,2-5H2,1H3;5-7H,2-4H2,1H3;4*6H,4-5H2,1-3H3;2*5-7H,4H2,1-3H3;2*6-7H,3-5H2,1-2H3/t;5-,7?;;;6-;;5-,6?,7?;;;/m.0..0.0.../s1. The van der Waals surface area contributed by atoms with E-state index in [1.165, 1.54) is 140 Å². The highest BCUT2D eigenvalue weighted by atomic mass is 14.5. The third kappa shape index (κ3) is 22.7. The SMILES string of the molecule is CC1(C2CC2)CC1.CC1CC(C)(C)C1.CC1CC(C)(C)C1.CC1CC(C)C1C.CC1CCC1(C)C.CC1C[C@H](C)C1C.CCC1CC(C)C1.CCC1CCC1C.C[C@H]1CC1C1CC1.C[C@H]1CCC1(C)C. The average molecular weight is 978 g/mol. The van der Waals surface area contributed by atoms with Gasteiger partial charge in [-0.1, -0.05) is 185 Å². The quantitative estimate of drug-likeness (QED) is 0.263. The maximum Gasteiger partial charge on any atom is -0.0297 e. The normalized spacial score (nSPS) is 40.1. The van der Waals surface area contributed by atoms with Crippen LogP contribution in [0, 0.1) is 134 Å². The maximum atomic E-state index is 2.44. The van der Waals surface area contributed by atoms with Crippen molar-refractivity contribution in [1.29, 1.82) is 0 Å². The molecule has 11 atom stereocenters. The van der Waals surface area contributed by atoms with Gasteiger partial charge in [-0.2, -0.15) is 0 Å². The molecule has 0 amide bonds. The van der Waals surface area contributed by atoms with E-state index in [1.54, 1.807) is 19.3 Å². The van der Waals surface area contributed by atoms with Crippen LogP contribution in [0.2, 0.25) is 0 Å². The molecule has 8 unspecified atom stereocenters. The fourth-order valence-electron chi connectivity index (χ4n) is 14.1. The van der Waals surface area contributed by atoms with Gasteiger partial charge in [-0.15, -0.1) is 0 Å². The van der Waals surface area contributed by atoms with Crippen LogP contribution in [0.5, 0.6) is 0 Å². The van der Waals surface area contributed by atoms with Gasteiger partial charge in [-0.25, -0.2) is 0 Å². The van der Waals surface area contributed by atoms with Crippen molar-refractivity contribution in [3.63, 3.8) is 0 Å². The highest BCUT2D eigenvalue weighted by Crippen LogP contribution is 2.61. The number of rotatable bonds is 4. The van der Waals surface area contributed by atoms with Crippen LogP contribution in [-0.4, -0.2) is 0 Å². The molecule has 0 N–H and O–H groups in total. The third-order valence-electron chi connectivity index (χ3n) is 23.2. The van der Waals surface area contributed by atoms with Gasteiger partial charge in [0.25, 0.3) is 0 Å². The molecule has 416 valence electrons. The fourth-order valence-corrected chi connectivity index (χ4v) is 14.1. The van der Waals surface area contributed by atoms with Crippen molar-refractivity contribution < 1.29 is 0 Å². The Hall–Kier alpha value is 0. The molecule has 0 heteroatoms. The molecule has 0 heterocycles. The molecule has 0 aromatic rings. The molecule has 0 bridgehead atoms. The summed E-state index contributed by atoms with van der Waals surface area (Å²) in [6.07, 6.45) is 34.0. The molecule has 12 saturated carbocycles. The van der Waals surface area contributed by atoms with Crippen LogP contribution in [0.3, 0.4) is 0 Å². The van der Waals surface area contributed by atoms with Gasteiger partial charge in [-0.3, -0.25) is 0 Å². The second-order valence-corrected chi connectivity index (χ2v) is 32.5. The second-order valence-electron chi connectivity index (χ2n) is 32.5. The van der Waals surface area contributed by atoms with E-state index in [0.717, 1.165) is 100 Å². The summed E-state index contributed by atoms with van der Waals surface area (Å²) in [5.74, 6) is 18.9. The van der Waals surface area contributed by atoms with Gasteiger partial charge in [-0.05, 0) is 262 Å². The largest absolute Gasteiger partial charge is 0.0651 e. The van der Waals surface area contributed by atoms with E-state index in [0.29, 0.717) is 21.7 Å². The number of hydrogen-bond acceptors (Lipinski definition) is 0. The van der Waals surface area contributed by atoms with Crippen molar-refractivity contribution in [3.05, 3.63) is 0 Å². The molecule has 0 aliphatic heterocycles. The summed E-state index contributed by atoms with van der Waals surface area (Å²) in [5, 5.41) is 0. The Morgan fingerprint density at radius 1 is 0.357 bits per heavy atom. The van der Waals surface area contributed by atoms with E-state index in [1.807, 2.05) is 0 Å². The topological polar surface area (TPSA) is 0 Å². The summed E-state index contributed by atoms with van der Waals surface area (Å²) in [4.78, 5) is 0. The zero-order valence-electron chi connectivity index (χ0n) is 53.2. The van der Waals surface area contributed by atoms with E-state index >= 15 is 0 Å². The van der Waals surface area contributed by atoms with E-state index < -0.39 is 0 Å². The zero-order chi connectivity index (χ0) is 53.2. The molecule has 0 aromatic heterocycles. The Labute approximate surface area is 445 Å². The first kappa shape index (κ1) is 64.3. The third-order valence-corrected chi connectivity index (χ3v) is 23.2. The Bertz CT molecular complexity index is 1300. The second kappa shape index (κ2) is 27.9. The Morgan fingerprint density at radius 3 is 0.771 bits per heavy atom. The molecule has 0 aromatic carbocycles. The lowest BCUT2D eigenvalue weighted by Gasteiger charge is -2.42. The molecule has 70 heavy (non-hydrogen) atoms. The lowest BCUT2D eigenvalue weighted by Crippen LogP contribution is -2.31. The van der Waals surface area contributed by atoms with Crippen molar-refractivity contribution in [3.8, 4) is 0 Å². The van der Waals surface area contributed by atoms with Crippen molar-refractivity contribution in [2.45, 2.75) is 314 Å². The van der Waals surface area contributed by atoms with Gasteiger partial charge in [0, 0.05) is 0 Å². The van der Waals surface area contributed by atoms with Crippen molar-refractivity contribution >= 4 is 0 Å². The molecule has 0 radical (unpaired) electrons. The smallest absolute Gasteiger partial charge is 0.0297 e. The zero-order valence-corrected chi connectivity index (χ0v) is 53.2. The predicted octanol–water partition coefficient (Wildman–Crippen LogP) is 23.5. The van der Waals surface area contributed by atoms with Crippen LogP contribution in [-0.2, 0) is 0 Å². The van der Waals surface area contributed by atoms with Crippen LogP contribution in [0.15, 0.2) is 0 Å². The summed E-state index contributed by atoms with van der Waals surface area (Å²) in [5.41, 5.74) is 3.61. The van der Waals surface area contributed by atoms with Crippen molar-refractivity contribution in [2.75, 3.05) is 0 Å². The van der Waals surface area contributed by atoms with Gasteiger partial charge < -0.3 is 0 Å². The van der Waals surface area contributed by atoms with Crippen LogP contribution < -0.4 is 0 Å². The van der Waals surface area contributed by atoms with E-state index in [9.17, 15) is 0 Å². The highest BCUT2D eigenvalue weighted by Gasteiger charge is 2.49. The molecule has 12 aliphatic carbocycles. The summed E-state index contributed by atoms with van der Waals surface area (Å²) in [7, 11) is 0. The van der Waals surface area contributed by atoms with Gasteiger partial charge in [0.1, 0.15) is 0 Å². The highest BCUT2D eigenvalue weighted by molar-refractivity contribution is 5.00. The van der Waals surface area contributed by atoms with Gasteiger partial charge >= 0.3 is 0 Å². The Kier molecular flexibility index (Phi) is 25.6. The molecule has 0 spiro atoms. The molecule has 0 saturated heterocycles. The lowest BCUT2D eigenvalue weighted by atomic mass is 9.64. The molecule has 12 rings (SSSR count). The fraction of sp³-hybridized carbons (Fsp3) is 1.00. The first-order valence-electron chi connectivity index (χ1n) is 32.2. The molecule has 12 aliphatic rings. The van der Waals surface area contributed by atoms with E-state index in [2.05, 4.69) is 166 Å². The van der Waals surface area contributed by atoms with Gasteiger partial charge in [0.2, 0.25) is 0 Å². The monoisotopic (exact) mass is 977 g/mol.